The second-order valence-corrected chi connectivity index (χ2v) is 5.27. The molecule has 5 nitrogen and oxygen atoms in total. The largest absolute Gasteiger partial charge is 0.491 e. The van der Waals surface area contributed by atoms with Crippen molar-refractivity contribution < 1.29 is 19.1 Å². The molecule has 0 aliphatic heterocycles. The standard InChI is InChI=1S/C17H14O5.Na/c1-9(2)21-11-4-6-15-13(8-11)16(18)12-7-10(17(19)20)3-5-14(12)22-15;/h3-9H,1-2H3,(H,19,20);. The minimum absolute atomic E-state index is 0. The minimum atomic E-state index is -1.08. The van der Waals surface area contributed by atoms with Gasteiger partial charge in [-0.2, -0.15) is 0 Å². The summed E-state index contributed by atoms with van der Waals surface area (Å²) in [5.74, 6) is -0.512. The first-order valence-electron chi connectivity index (χ1n) is 6.86. The molecule has 0 unspecified atom stereocenters. The molecule has 6 heteroatoms. The van der Waals surface area contributed by atoms with E-state index >= 15 is 0 Å². The number of ether oxygens (including phenoxy) is 1. The number of carbonyl (C=O) groups is 1. The van der Waals surface area contributed by atoms with E-state index in [1.54, 1.807) is 18.2 Å². The van der Waals surface area contributed by atoms with Crippen LogP contribution in [0.1, 0.15) is 24.2 Å². The second-order valence-electron chi connectivity index (χ2n) is 5.27. The van der Waals surface area contributed by atoms with Crippen LogP contribution in [0.3, 0.4) is 0 Å². The molecule has 0 amide bonds. The van der Waals surface area contributed by atoms with Gasteiger partial charge < -0.3 is 14.3 Å². The van der Waals surface area contributed by atoms with Gasteiger partial charge in [0.05, 0.1) is 22.4 Å². The van der Waals surface area contributed by atoms with Crippen molar-refractivity contribution in [1.29, 1.82) is 0 Å². The second kappa shape index (κ2) is 6.74. The van der Waals surface area contributed by atoms with Crippen LogP contribution in [0.4, 0.5) is 0 Å². The SMILES string of the molecule is CC(C)Oc1ccc2oc3ccc(C(=O)O)cc3c(=O)c2c1.[Na]. The summed E-state index contributed by atoms with van der Waals surface area (Å²) < 4.78 is 11.2. The summed E-state index contributed by atoms with van der Waals surface area (Å²) in [6, 6.07) is 9.28. The maximum atomic E-state index is 12.6. The number of hydrogen-bond acceptors (Lipinski definition) is 4. The third-order valence-corrected chi connectivity index (χ3v) is 3.26. The van der Waals surface area contributed by atoms with Gasteiger partial charge in [0.2, 0.25) is 5.43 Å². The first-order valence-corrected chi connectivity index (χ1v) is 6.86. The molecular weight excluding hydrogens is 307 g/mol. The van der Waals surface area contributed by atoms with Gasteiger partial charge in [-0.1, -0.05) is 0 Å². The van der Waals surface area contributed by atoms with E-state index < -0.39 is 5.97 Å². The van der Waals surface area contributed by atoms with E-state index in [1.165, 1.54) is 18.2 Å². The van der Waals surface area contributed by atoms with Crippen LogP contribution in [0.5, 0.6) is 5.75 Å². The summed E-state index contributed by atoms with van der Waals surface area (Å²) in [7, 11) is 0. The van der Waals surface area contributed by atoms with Crippen LogP contribution >= 0.6 is 0 Å². The van der Waals surface area contributed by atoms with Crippen molar-refractivity contribution in [2.24, 2.45) is 0 Å². The fourth-order valence-corrected chi connectivity index (χ4v) is 2.31. The quantitative estimate of drug-likeness (QED) is 0.592. The Balaban J connectivity index is 0.00000192. The molecule has 2 aromatic carbocycles. The van der Waals surface area contributed by atoms with E-state index in [1.807, 2.05) is 13.8 Å². The molecule has 0 aliphatic rings. The Morgan fingerprint density at radius 3 is 2.30 bits per heavy atom. The van der Waals surface area contributed by atoms with E-state index in [0.717, 1.165) is 0 Å². The molecule has 23 heavy (non-hydrogen) atoms. The van der Waals surface area contributed by atoms with Gasteiger partial charge in [0.1, 0.15) is 16.9 Å². The number of carboxylic acid groups (broad SMARTS) is 1. The Hall–Kier alpha value is -1.82. The molecule has 0 fully saturated rings. The molecule has 0 spiro atoms. The maximum absolute atomic E-state index is 12.6. The van der Waals surface area contributed by atoms with Gasteiger partial charge in [0, 0.05) is 29.6 Å². The zero-order valence-corrected chi connectivity index (χ0v) is 15.1. The number of aromatic carboxylic acids is 1. The molecule has 113 valence electrons. The molecule has 0 saturated heterocycles. The predicted octanol–water partition coefficient (Wildman–Crippen LogP) is 3.05. The fraction of sp³-hybridized carbons (Fsp3) is 0.176. The van der Waals surface area contributed by atoms with Crippen molar-refractivity contribution in [3.05, 3.63) is 52.2 Å². The van der Waals surface area contributed by atoms with Crippen molar-refractivity contribution in [3.63, 3.8) is 0 Å². The molecule has 1 heterocycles. The van der Waals surface area contributed by atoms with Crippen molar-refractivity contribution in [2.45, 2.75) is 20.0 Å². The van der Waals surface area contributed by atoms with Crippen LogP contribution in [-0.4, -0.2) is 46.7 Å². The molecule has 1 aromatic heterocycles. The number of rotatable bonds is 3. The van der Waals surface area contributed by atoms with Crippen LogP contribution < -0.4 is 10.2 Å². The van der Waals surface area contributed by atoms with Crippen LogP contribution in [-0.2, 0) is 0 Å². The molecule has 1 radical (unpaired) electrons. The van der Waals surface area contributed by atoms with Crippen molar-refractivity contribution in [3.8, 4) is 5.75 Å². The summed E-state index contributed by atoms with van der Waals surface area (Å²) in [6.45, 7) is 3.79. The van der Waals surface area contributed by atoms with Gasteiger partial charge in [-0.15, -0.1) is 0 Å². The van der Waals surface area contributed by atoms with Crippen LogP contribution in [0.25, 0.3) is 21.9 Å². The maximum Gasteiger partial charge on any atom is 0.335 e. The first-order chi connectivity index (χ1) is 10.5. The molecule has 3 rings (SSSR count). The van der Waals surface area contributed by atoms with Gasteiger partial charge in [-0.25, -0.2) is 4.79 Å². The molecule has 3 aromatic rings. The fourth-order valence-electron chi connectivity index (χ4n) is 2.31. The Labute approximate surface area is 154 Å². The molecule has 0 bridgehead atoms. The third-order valence-electron chi connectivity index (χ3n) is 3.26. The summed E-state index contributed by atoms with van der Waals surface area (Å²) in [6.07, 6.45) is -0.0106. The topological polar surface area (TPSA) is 76.7 Å². The van der Waals surface area contributed by atoms with Gasteiger partial charge in [0.15, 0.2) is 0 Å². The zero-order valence-electron chi connectivity index (χ0n) is 13.1. The molecular formula is C17H14NaO5. The van der Waals surface area contributed by atoms with Crippen LogP contribution in [0.15, 0.2) is 45.6 Å². The van der Waals surface area contributed by atoms with Gasteiger partial charge in [-0.05, 0) is 50.2 Å². The zero-order chi connectivity index (χ0) is 15.9. The van der Waals surface area contributed by atoms with E-state index in [4.69, 9.17) is 14.3 Å². The molecule has 0 saturated carbocycles. The van der Waals surface area contributed by atoms with Gasteiger partial charge in [-0.3, -0.25) is 4.79 Å². The third kappa shape index (κ3) is 3.42. The van der Waals surface area contributed by atoms with Crippen LogP contribution in [0, 0.1) is 0 Å². The van der Waals surface area contributed by atoms with E-state index in [-0.39, 0.29) is 52.0 Å². The van der Waals surface area contributed by atoms with E-state index in [2.05, 4.69) is 0 Å². The van der Waals surface area contributed by atoms with E-state index in [0.29, 0.717) is 22.3 Å². The Bertz CT molecular complexity index is 943. The first kappa shape index (κ1) is 17.5. The summed E-state index contributed by atoms with van der Waals surface area (Å²) in [5.41, 5.74) is 0.582. The van der Waals surface area contributed by atoms with Crippen molar-refractivity contribution >= 4 is 57.5 Å². The number of fused-ring (bicyclic) bond motifs is 2. The molecule has 1 N–H and O–H groups in total. The monoisotopic (exact) mass is 321 g/mol. The Morgan fingerprint density at radius 1 is 1.09 bits per heavy atom. The van der Waals surface area contributed by atoms with Crippen molar-refractivity contribution in [1.82, 2.24) is 0 Å². The Morgan fingerprint density at radius 2 is 1.70 bits per heavy atom. The van der Waals surface area contributed by atoms with Crippen LogP contribution in [0.2, 0.25) is 0 Å². The minimum Gasteiger partial charge on any atom is -0.491 e. The number of hydrogen-bond donors (Lipinski definition) is 1. The smallest absolute Gasteiger partial charge is 0.335 e. The Kier molecular flexibility index (Phi) is 5.14. The van der Waals surface area contributed by atoms with Gasteiger partial charge in [0.25, 0.3) is 0 Å². The number of carboxylic acids is 1. The average molecular weight is 321 g/mol. The normalized spacial score (nSPS) is 10.7. The van der Waals surface area contributed by atoms with Crippen molar-refractivity contribution in [2.75, 3.05) is 0 Å². The predicted molar refractivity (Wildman–Crippen MR) is 88.5 cm³/mol. The number of benzene rings is 2. The van der Waals surface area contributed by atoms with E-state index in [9.17, 15) is 9.59 Å². The summed E-state index contributed by atoms with van der Waals surface area (Å²) >= 11 is 0. The molecule has 0 atom stereocenters. The van der Waals surface area contributed by atoms with Gasteiger partial charge >= 0.3 is 5.97 Å². The average Bonchev–Trinajstić information content (AvgIpc) is 2.47. The summed E-state index contributed by atoms with van der Waals surface area (Å²) in [4.78, 5) is 23.6. The summed E-state index contributed by atoms with van der Waals surface area (Å²) in [5, 5.41) is 9.65. The molecule has 0 aliphatic carbocycles.